The molecule has 1 aliphatic heterocycles. The van der Waals surface area contributed by atoms with Crippen molar-refractivity contribution >= 4 is 41.1 Å². The van der Waals surface area contributed by atoms with Gasteiger partial charge in [0.1, 0.15) is 0 Å². The number of hydrogen-bond acceptors (Lipinski definition) is 5. The number of nitrogens with two attached hydrogens (primary N) is 1. The first-order valence-corrected chi connectivity index (χ1v) is 9.10. The smallest absolute Gasteiger partial charge is 0.340 e. The van der Waals surface area contributed by atoms with Crippen molar-refractivity contribution in [3.63, 3.8) is 0 Å². The molecule has 1 heterocycles. The van der Waals surface area contributed by atoms with E-state index in [2.05, 4.69) is 0 Å². The van der Waals surface area contributed by atoms with Crippen LogP contribution in [0.5, 0.6) is 0 Å². The van der Waals surface area contributed by atoms with Gasteiger partial charge in [0, 0.05) is 18.0 Å². The molecule has 0 aliphatic carbocycles. The van der Waals surface area contributed by atoms with Crippen LogP contribution in [0.4, 0.5) is 0 Å². The number of carbonyl (C=O) groups is 3. The number of primary amides is 1. The Morgan fingerprint density at radius 3 is 2.83 bits per heavy atom. The Morgan fingerprint density at radius 1 is 1.42 bits per heavy atom. The molecule has 130 valence electrons. The molecule has 2 N–H and O–H groups in total. The maximum atomic E-state index is 12.2. The van der Waals surface area contributed by atoms with Crippen molar-refractivity contribution in [2.45, 2.75) is 17.7 Å². The average molecular weight is 371 g/mol. The fourth-order valence-corrected chi connectivity index (χ4v) is 3.15. The van der Waals surface area contributed by atoms with Crippen LogP contribution in [-0.4, -0.2) is 48.6 Å². The zero-order valence-electron chi connectivity index (χ0n) is 13.3. The highest BCUT2D eigenvalue weighted by Crippen LogP contribution is 2.24. The lowest BCUT2D eigenvalue weighted by Gasteiger charge is -2.31. The highest BCUT2D eigenvalue weighted by atomic mass is 35.5. The number of nitrogens with zero attached hydrogens (tertiary/aromatic N) is 1. The maximum absolute atomic E-state index is 12.2. The van der Waals surface area contributed by atoms with Gasteiger partial charge in [0.15, 0.2) is 6.61 Å². The molecular weight excluding hydrogens is 352 g/mol. The minimum absolute atomic E-state index is 0.227. The quantitative estimate of drug-likeness (QED) is 0.632. The van der Waals surface area contributed by atoms with Gasteiger partial charge in [-0.05, 0) is 37.3 Å². The molecule has 0 saturated carbocycles. The topological polar surface area (TPSA) is 89.7 Å². The van der Waals surface area contributed by atoms with Crippen molar-refractivity contribution < 1.29 is 19.1 Å². The van der Waals surface area contributed by atoms with E-state index in [4.69, 9.17) is 22.1 Å². The van der Waals surface area contributed by atoms with Crippen molar-refractivity contribution in [1.29, 1.82) is 0 Å². The van der Waals surface area contributed by atoms with E-state index >= 15 is 0 Å². The van der Waals surface area contributed by atoms with Crippen molar-refractivity contribution in [2.75, 3.05) is 26.0 Å². The predicted octanol–water partition coefficient (Wildman–Crippen LogP) is 1.94. The highest BCUT2D eigenvalue weighted by molar-refractivity contribution is 7.98. The molecule has 0 unspecified atom stereocenters. The number of amides is 2. The van der Waals surface area contributed by atoms with Gasteiger partial charge in [-0.15, -0.1) is 11.8 Å². The number of likely N-dealkylation sites (tertiary alicyclic amines) is 1. The lowest BCUT2D eigenvalue weighted by Crippen LogP contribution is -2.45. The average Bonchev–Trinajstić information content (AvgIpc) is 2.59. The first-order valence-electron chi connectivity index (χ1n) is 7.50. The van der Waals surface area contributed by atoms with Gasteiger partial charge in [-0.1, -0.05) is 11.6 Å². The summed E-state index contributed by atoms with van der Waals surface area (Å²) < 4.78 is 5.08. The molecule has 6 nitrogen and oxygen atoms in total. The third-order valence-electron chi connectivity index (χ3n) is 3.90. The van der Waals surface area contributed by atoms with Gasteiger partial charge in [0.2, 0.25) is 5.91 Å². The van der Waals surface area contributed by atoms with E-state index < -0.39 is 11.9 Å². The van der Waals surface area contributed by atoms with Crippen LogP contribution in [0.2, 0.25) is 5.02 Å². The number of rotatable bonds is 5. The van der Waals surface area contributed by atoms with Crippen LogP contribution in [0, 0.1) is 5.92 Å². The van der Waals surface area contributed by atoms with Crippen LogP contribution in [0.1, 0.15) is 23.2 Å². The van der Waals surface area contributed by atoms with E-state index in [-0.39, 0.29) is 35.6 Å². The number of piperidine rings is 1. The Bertz CT molecular complexity index is 653. The van der Waals surface area contributed by atoms with Gasteiger partial charge in [0.25, 0.3) is 5.91 Å². The molecule has 24 heavy (non-hydrogen) atoms. The summed E-state index contributed by atoms with van der Waals surface area (Å²) in [7, 11) is 0. The van der Waals surface area contributed by atoms with Crippen LogP contribution in [0.15, 0.2) is 23.1 Å². The minimum Gasteiger partial charge on any atom is -0.452 e. The lowest BCUT2D eigenvalue weighted by molar-refractivity contribution is -0.137. The summed E-state index contributed by atoms with van der Waals surface area (Å²) >= 11 is 7.48. The van der Waals surface area contributed by atoms with Crippen molar-refractivity contribution in [2.24, 2.45) is 11.7 Å². The molecule has 1 aliphatic rings. The van der Waals surface area contributed by atoms with Crippen molar-refractivity contribution in [3.05, 3.63) is 28.8 Å². The van der Waals surface area contributed by atoms with E-state index in [0.717, 1.165) is 4.90 Å². The molecule has 1 fully saturated rings. The number of thioether (sulfide) groups is 1. The van der Waals surface area contributed by atoms with Gasteiger partial charge in [-0.3, -0.25) is 9.59 Å². The maximum Gasteiger partial charge on any atom is 0.340 e. The second-order valence-electron chi connectivity index (χ2n) is 5.50. The first-order chi connectivity index (χ1) is 11.4. The Kier molecular flexibility index (Phi) is 6.51. The SMILES string of the molecule is CSc1ccc(Cl)c(C(=O)OCC(=O)N2CCC[C@H](C(N)=O)C2)c1. The fourth-order valence-electron chi connectivity index (χ4n) is 2.52. The molecule has 2 rings (SSSR count). The second-order valence-corrected chi connectivity index (χ2v) is 6.79. The zero-order chi connectivity index (χ0) is 17.7. The molecule has 8 heteroatoms. The normalized spacial score (nSPS) is 17.4. The van der Waals surface area contributed by atoms with Gasteiger partial charge >= 0.3 is 5.97 Å². The molecule has 2 amide bonds. The predicted molar refractivity (Wildman–Crippen MR) is 92.0 cm³/mol. The summed E-state index contributed by atoms with van der Waals surface area (Å²) in [6, 6.07) is 5.05. The molecule has 0 aromatic heterocycles. The molecule has 0 bridgehead atoms. The Hall–Kier alpha value is -1.73. The summed E-state index contributed by atoms with van der Waals surface area (Å²) in [6.45, 7) is 0.418. The van der Waals surface area contributed by atoms with Crippen molar-refractivity contribution in [1.82, 2.24) is 4.90 Å². The molecule has 0 radical (unpaired) electrons. The fraction of sp³-hybridized carbons (Fsp3) is 0.438. The number of hydrogen-bond donors (Lipinski definition) is 1. The number of halogens is 1. The number of carbonyl (C=O) groups excluding carboxylic acids is 3. The Morgan fingerprint density at radius 2 is 2.17 bits per heavy atom. The van der Waals surface area contributed by atoms with E-state index in [1.165, 1.54) is 16.7 Å². The van der Waals surface area contributed by atoms with Gasteiger partial charge in [-0.2, -0.15) is 0 Å². The van der Waals surface area contributed by atoms with Gasteiger partial charge < -0.3 is 15.4 Å². The van der Waals surface area contributed by atoms with Gasteiger partial charge in [-0.25, -0.2) is 4.79 Å². The van der Waals surface area contributed by atoms with Crippen LogP contribution in [0.3, 0.4) is 0 Å². The number of esters is 1. The van der Waals surface area contributed by atoms with E-state index in [1.54, 1.807) is 18.2 Å². The van der Waals surface area contributed by atoms with Crippen molar-refractivity contribution in [3.8, 4) is 0 Å². The van der Waals surface area contributed by atoms with Crippen LogP contribution in [0.25, 0.3) is 0 Å². The second kappa shape index (κ2) is 8.39. The summed E-state index contributed by atoms with van der Waals surface area (Å²) in [5.41, 5.74) is 5.52. The number of benzene rings is 1. The molecule has 1 aromatic carbocycles. The molecule has 1 aromatic rings. The van der Waals surface area contributed by atoms with E-state index in [1.807, 2.05) is 6.26 Å². The lowest BCUT2D eigenvalue weighted by atomic mass is 9.97. The summed E-state index contributed by atoms with van der Waals surface area (Å²) in [4.78, 5) is 37.9. The molecule has 1 saturated heterocycles. The molecule has 1 atom stereocenters. The van der Waals surface area contributed by atoms with Crippen LogP contribution in [-0.2, 0) is 14.3 Å². The molecular formula is C16H19ClN2O4S. The summed E-state index contributed by atoms with van der Waals surface area (Å²) in [5.74, 6) is -1.74. The third-order valence-corrected chi connectivity index (χ3v) is 4.95. The summed E-state index contributed by atoms with van der Waals surface area (Å²) in [5, 5.41) is 0.275. The summed E-state index contributed by atoms with van der Waals surface area (Å²) in [6.07, 6.45) is 3.26. The standard InChI is InChI=1S/C16H19ClN2O4S/c1-24-11-4-5-13(17)12(7-11)16(22)23-9-14(20)19-6-2-3-10(8-19)15(18)21/h4-5,7,10H,2-3,6,8-9H2,1H3,(H2,18,21)/t10-/m0/s1. The Balaban J connectivity index is 1.94. The number of ether oxygens (including phenoxy) is 1. The monoisotopic (exact) mass is 370 g/mol. The highest BCUT2D eigenvalue weighted by Gasteiger charge is 2.27. The van der Waals surface area contributed by atoms with Gasteiger partial charge in [0.05, 0.1) is 16.5 Å². The minimum atomic E-state index is -0.646. The van der Waals surface area contributed by atoms with Crippen LogP contribution >= 0.6 is 23.4 Å². The Labute approximate surface area is 149 Å². The third kappa shape index (κ3) is 4.64. The van der Waals surface area contributed by atoms with E-state index in [9.17, 15) is 14.4 Å². The van der Waals surface area contributed by atoms with Crippen LogP contribution < -0.4 is 5.73 Å². The molecule has 0 spiro atoms. The largest absolute Gasteiger partial charge is 0.452 e. The first kappa shape index (κ1) is 18.6. The van der Waals surface area contributed by atoms with E-state index in [0.29, 0.717) is 19.4 Å². The zero-order valence-corrected chi connectivity index (χ0v) is 14.9.